The molecule has 0 saturated carbocycles. The first-order chi connectivity index (χ1) is 27.7. The molecule has 0 bridgehead atoms. The second-order valence-corrected chi connectivity index (χ2v) is 14.7. The first-order valence-corrected chi connectivity index (χ1v) is 19.5. The van der Waals surface area contributed by atoms with Crippen LogP contribution in [0.2, 0.25) is 0 Å². The van der Waals surface area contributed by atoms with Crippen molar-refractivity contribution in [1.82, 2.24) is 35.1 Å². The van der Waals surface area contributed by atoms with E-state index in [1.54, 1.807) is 24.3 Å². The average molecular weight is 784 g/mol. The monoisotopic (exact) mass is 783 g/mol. The van der Waals surface area contributed by atoms with E-state index in [1.165, 1.54) is 22.2 Å². The summed E-state index contributed by atoms with van der Waals surface area (Å²) >= 11 is 1.02. The summed E-state index contributed by atoms with van der Waals surface area (Å²) in [4.78, 5) is 60.0. The van der Waals surface area contributed by atoms with Gasteiger partial charge in [-0.3, -0.25) is 23.7 Å². The number of benzene rings is 4. The highest BCUT2D eigenvalue weighted by molar-refractivity contribution is 8.00. The summed E-state index contributed by atoms with van der Waals surface area (Å²) in [6.07, 6.45) is 2.89. The van der Waals surface area contributed by atoms with Crippen LogP contribution in [0, 0.1) is 13.8 Å². The van der Waals surface area contributed by atoms with Crippen LogP contribution in [0.4, 0.5) is 11.4 Å². The maximum atomic E-state index is 14.9. The van der Waals surface area contributed by atoms with E-state index in [9.17, 15) is 19.2 Å². The van der Waals surface area contributed by atoms with E-state index in [0.29, 0.717) is 35.5 Å². The van der Waals surface area contributed by atoms with Crippen molar-refractivity contribution in [2.45, 2.75) is 56.9 Å². The van der Waals surface area contributed by atoms with Crippen LogP contribution in [0.1, 0.15) is 63.6 Å². The molecule has 0 spiro atoms. The molecular formula is C42H41N9O5S. The number of thioether (sulfide) groups is 1. The summed E-state index contributed by atoms with van der Waals surface area (Å²) in [6.45, 7) is 5.77. The number of amides is 3. The molecule has 0 saturated heterocycles. The number of aromatic nitrogens is 6. The van der Waals surface area contributed by atoms with Crippen LogP contribution < -0.4 is 26.2 Å². The Labute approximate surface area is 333 Å². The number of ether oxygens (including phenoxy) is 1. The molecule has 0 aliphatic heterocycles. The smallest absolute Gasteiger partial charge is 0.261 e. The molecule has 1 atom stereocenters. The largest absolute Gasteiger partial charge is 0.491 e. The number of tetrazole rings is 1. The van der Waals surface area contributed by atoms with Gasteiger partial charge in [-0.2, -0.15) is 4.68 Å². The van der Waals surface area contributed by atoms with E-state index < -0.39 is 17.1 Å². The van der Waals surface area contributed by atoms with Gasteiger partial charge >= 0.3 is 0 Å². The zero-order valence-corrected chi connectivity index (χ0v) is 32.5. The lowest BCUT2D eigenvalue weighted by atomic mass is 9.97. The van der Waals surface area contributed by atoms with Crippen molar-refractivity contribution in [2.24, 2.45) is 0 Å². The predicted molar refractivity (Wildman–Crippen MR) is 217 cm³/mol. The summed E-state index contributed by atoms with van der Waals surface area (Å²) in [5.74, 6) is -0.479. The number of rotatable bonds is 13. The summed E-state index contributed by atoms with van der Waals surface area (Å²) < 4.78 is 8.87. The second kappa shape index (κ2) is 17.5. The van der Waals surface area contributed by atoms with Gasteiger partial charge in [0.2, 0.25) is 17.0 Å². The molecule has 15 heteroatoms. The van der Waals surface area contributed by atoms with Crippen LogP contribution >= 0.6 is 11.8 Å². The molecule has 14 nitrogen and oxygen atoms in total. The fourth-order valence-electron chi connectivity index (χ4n) is 6.66. The van der Waals surface area contributed by atoms with Crippen LogP contribution in [0.25, 0.3) is 11.4 Å². The Morgan fingerprint density at radius 2 is 1.60 bits per heavy atom. The Kier molecular flexibility index (Phi) is 11.8. The molecule has 2 aromatic heterocycles. The van der Waals surface area contributed by atoms with Crippen LogP contribution in [0.5, 0.6) is 5.75 Å². The molecule has 3 N–H and O–H groups in total. The third-order valence-corrected chi connectivity index (χ3v) is 10.5. The number of hydrogen-bond donors (Lipinski definition) is 3. The molecule has 57 heavy (non-hydrogen) atoms. The second-order valence-electron chi connectivity index (χ2n) is 13.6. The number of carbonyl (C=O) groups is 3. The minimum absolute atomic E-state index is 0.161. The van der Waals surface area contributed by atoms with Crippen LogP contribution in [0.3, 0.4) is 0 Å². The van der Waals surface area contributed by atoms with E-state index in [-0.39, 0.29) is 52.5 Å². The van der Waals surface area contributed by atoms with Crippen molar-refractivity contribution in [3.8, 4) is 17.1 Å². The summed E-state index contributed by atoms with van der Waals surface area (Å²) in [7, 11) is 0. The average Bonchev–Trinajstić information content (AvgIpc) is 3.68. The van der Waals surface area contributed by atoms with Crippen LogP contribution in [-0.4, -0.2) is 60.6 Å². The minimum Gasteiger partial charge on any atom is -0.491 e. The zero-order valence-electron chi connectivity index (χ0n) is 31.7. The lowest BCUT2D eigenvalue weighted by Gasteiger charge is -2.24. The Bertz CT molecular complexity index is 2490. The third kappa shape index (κ3) is 8.94. The fourth-order valence-corrected chi connectivity index (χ4v) is 7.63. The Morgan fingerprint density at radius 1 is 0.860 bits per heavy atom. The highest BCUT2D eigenvalue weighted by atomic mass is 32.2. The Morgan fingerprint density at radius 3 is 2.33 bits per heavy atom. The van der Waals surface area contributed by atoms with Crippen molar-refractivity contribution < 1.29 is 19.1 Å². The first-order valence-electron chi connectivity index (χ1n) is 18.6. The maximum absolute atomic E-state index is 14.9. The van der Waals surface area contributed by atoms with Crippen molar-refractivity contribution in [1.29, 1.82) is 0 Å². The molecule has 290 valence electrons. The minimum atomic E-state index is -1.20. The molecule has 1 unspecified atom stereocenters. The maximum Gasteiger partial charge on any atom is 0.261 e. The van der Waals surface area contributed by atoms with Crippen molar-refractivity contribution in [3.05, 3.63) is 141 Å². The van der Waals surface area contributed by atoms with E-state index in [1.807, 2.05) is 80.6 Å². The molecule has 0 radical (unpaired) electrons. The highest BCUT2D eigenvalue weighted by Gasteiger charge is 2.33. The molecule has 2 heterocycles. The van der Waals surface area contributed by atoms with E-state index in [4.69, 9.17) is 9.72 Å². The number of fused-ring (bicyclic) bond motifs is 1. The molecule has 7 rings (SSSR count). The van der Waals surface area contributed by atoms with Gasteiger partial charge in [-0.05, 0) is 104 Å². The van der Waals surface area contributed by atoms with Crippen molar-refractivity contribution in [2.75, 3.05) is 23.8 Å². The van der Waals surface area contributed by atoms with E-state index in [0.717, 1.165) is 41.5 Å². The third-order valence-electron chi connectivity index (χ3n) is 9.36. The standard InChI is InChI=1S/C42H41N9O5S/c1-26-18-21-36(27(2)24-26)56-23-22-43-39(53)29-19-20-34(44-28(3)52)35(25-29)46-40(54)37(57-42-47-48-49-51(42)31-14-8-5-9-15-31)38-45-33-17-11-10-16-32(33)41(55)50(38)30-12-6-4-7-13-30/h4-9,12-15,18-21,24-25,37H,10-11,16-17,22-23H2,1-3H3,(H,43,53)(H,44,52)(H,46,54). The number of nitrogens with one attached hydrogen (secondary N) is 3. The highest BCUT2D eigenvalue weighted by Crippen LogP contribution is 2.37. The van der Waals surface area contributed by atoms with Crippen LogP contribution in [0.15, 0.2) is 107 Å². The molecule has 0 fully saturated rings. The van der Waals surface area contributed by atoms with E-state index >= 15 is 0 Å². The number of carbonyl (C=O) groups excluding carboxylic acids is 3. The van der Waals surface area contributed by atoms with E-state index in [2.05, 4.69) is 31.5 Å². The molecule has 4 aromatic carbocycles. The number of aryl methyl sites for hydroxylation is 3. The van der Waals surface area contributed by atoms with Gasteiger partial charge in [0.1, 0.15) is 23.4 Å². The topological polar surface area (TPSA) is 175 Å². The fraction of sp³-hybridized carbons (Fsp3) is 0.238. The Balaban J connectivity index is 1.24. The quantitative estimate of drug-likeness (QED) is 0.0939. The summed E-state index contributed by atoms with van der Waals surface area (Å²) in [5, 5.41) is 20.0. The SMILES string of the molecule is CC(=O)Nc1ccc(C(=O)NCCOc2ccc(C)cc2C)cc1NC(=O)C(Sc1nnnn1-c1ccccc1)c1nc2c(c(=O)n1-c1ccccc1)CCCC2. The molecule has 1 aliphatic carbocycles. The number of hydrogen-bond acceptors (Lipinski definition) is 10. The Hall–Kier alpha value is -6.61. The van der Waals surface area contributed by atoms with Gasteiger partial charge < -0.3 is 20.7 Å². The number of para-hydroxylation sites is 2. The first kappa shape index (κ1) is 38.7. The molecule has 6 aromatic rings. The van der Waals surface area contributed by atoms with Gasteiger partial charge in [0.05, 0.1) is 35.0 Å². The number of nitrogens with zero attached hydrogens (tertiary/aromatic N) is 6. The van der Waals surface area contributed by atoms with Gasteiger partial charge in [0.25, 0.3) is 11.5 Å². The van der Waals surface area contributed by atoms with Gasteiger partial charge in [0, 0.05) is 18.1 Å². The zero-order chi connectivity index (χ0) is 39.9. The molecular weight excluding hydrogens is 743 g/mol. The van der Waals surface area contributed by atoms with Crippen molar-refractivity contribution in [3.63, 3.8) is 0 Å². The van der Waals surface area contributed by atoms with Gasteiger partial charge in [0.15, 0.2) is 0 Å². The van der Waals surface area contributed by atoms with Crippen LogP contribution in [-0.2, 0) is 22.4 Å². The number of anilines is 2. The van der Waals surface area contributed by atoms with Gasteiger partial charge in [-0.15, -0.1) is 5.10 Å². The summed E-state index contributed by atoms with van der Waals surface area (Å²) in [6, 6.07) is 28.8. The van der Waals surface area contributed by atoms with Crippen molar-refractivity contribution >= 4 is 40.9 Å². The van der Waals surface area contributed by atoms with Gasteiger partial charge in [-0.25, -0.2) is 4.98 Å². The van der Waals surface area contributed by atoms with Gasteiger partial charge in [-0.1, -0.05) is 65.9 Å². The normalized spacial score (nSPS) is 12.6. The summed E-state index contributed by atoms with van der Waals surface area (Å²) in [5.41, 5.74) is 5.00. The molecule has 3 amide bonds. The lowest BCUT2D eigenvalue weighted by Crippen LogP contribution is -2.34. The lowest BCUT2D eigenvalue weighted by molar-refractivity contribution is -0.116. The molecule has 1 aliphatic rings. The predicted octanol–water partition coefficient (Wildman–Crippen LogP) is 5.94.